The van der Waals surface area contributed by atoms with E-state index in [4.69, 9.17) is 4.74 Å². The highest BCUT2D eigenvalue weighted by molar-refractivity contribution is 5.13. The average molecular weight is 292 g/mol. The number of nitrogens with one attached hydrogen (secondary N) is 1. The van der Waals surface area contributed by atoms with Crippen molar-refractivity contribution in [1.82, 2.24) is 10.3 Å². The van der Waals surface area contributed by atoms with Crippen molar-refractivity contribution in [1.29, 1.82) is 0 Å². The maximum Gasteiger partial charge on any atom is 0.0891 e. The highest BCUT2D eigenvalue weighted by atomic mass is 16.5. The number of pyridine rings is 1. The monoisotopic (exact) mass is 292 g/mol. The number of hydrogen-bond donors (Lipinski definition) is 1. The standard InChI is InChI=1S/C18H32N2O/c1-4-6-7-8-9-16(3)21-15-18-11-10-17(14-20-18)13-19-12-5-2/h10-11,14,16,19H,4-9,12-13,15H2,1-3H3. The molecule has 120 valence electrons. The average Bonchev–Trinajstić information content (AvgIpc) is 2.51. The van der Waals surface area contributed by atoms with Gasteiger partial charge in [0.25, 0.3) is 0 Å². The van der Waals surface area contributed by atoms with Crippen LogP contribution in [0.2, 0.25) is 0 Å². The molecular weight excluding hydrogens is 260 g/mol. The molecule has 1 unspecified atom stereocenters. The summed E-state index contributed by atoms with van der Waals surface area (Å²) in [5, 5.41) is 3.38. The molecule has 1 heterocycles. The Morgan fingerprint density at radius 3 is 2.67 bits per heavy atom. The van der Waals surface area contributed by atoms with Crippen LogP contribution in [-0.2, 0) is 17.9 Å². The third-order valence-electron chi connectivity index (χ3n) is 3.62. The molecule has 1 rings (SSSR count). The van der Waals surface area contributed by atoms with E-state index in [0.717, 1.165) is 31.6 Å². The molecule has 1 aromatic heterocycles. The first kappa shape index (κ1) is 18.1. The Balaban J connectivity index is 2.19. The molecule has 0 amide bonds. The summed E-state index contributed by atoms with van der Waals surface area (Å²) < 4.78 is 5.87. The third kappa shape index (κ3) is 8.84. The summed E-state index contributed by atoms with van der Waals surface area (Å²) in [6.07, 6.45) is 9.81. The third-order valence-corrected chi connectivity index (χ3v) is 3.62. The molecule has 0 saturated heterocycles. The van der Waals surface area contributed by atoms with Gasteiger partial charge in [-0.15, -0.1) is 0 Å². The number of hydrogen-bond acceptors (Lipinski definition) is 3. The number of ether oxygens (including phenoxy) is 1. The molecule has 0 fully saturated rings. The summed E-state index contributed by atoms with van der Waals surface area (Å²) in [6.45, 7) is 9.16. The summed E-state index contributed by atoms with van der Waals surface area (Å²) >= 11 is 0. The van der Waals surface area contributed by atoms with Crippen molar-refractivity contribution in [3.63, 3.8) is 0 Å². The van der Waals surface area contributed by atoms with Gasteiger partial charge in [-0.1, -0.05) is 45.6 Å². The van der Waals surface area contributed by atoms with Crippen molar-refractivity contribution in [3.8, 4) is 0 Å². The van der Waals surface area contributed by atoms with Crippen molar-refractivity contribution in [3.05, 3.63) is 29.6 Å². The lowest BCUT2D eigenvalue weighted by atomic mass is 10.1. The molecule has 1 N–H and O–H groups in total. The van der Waals surface area contributed by atoms with Crippen molar-refractivity contribution in [2.75, 3.05) is 6.54 Å². The normalized spacial score (nSPS) is 12.5. The molecule has 0 saturated carbocycles. The summed E-state index contributed by atoms with van der Waals surface area (Å²) in [7, 11) is 0. The molecule has 1 aromatic rings. The smallest absolute Gasteiger partial charge is 0.0891 e. The molecule has 0 aliphatic rings. The molecule has 0 aromatic carbocycles. The van der Waals surface area contributed by atoms with Gasteiger partial charge < -0.3 is 10.1 Å². The fraction of sp³-hybridized carbons (Fsp3) is 0.722. The Labute approximate surface area is 130 Å². The highest BCUT2D eigenvalue weighted by Crippen LogP contribution is 2.10. The van der Waals surface area contributed by atoms with E-state index < -0.39 is 0 Å². The van der Waals surface area contributed by atoms with Crippen LogP contribution >= 0.6 is 0 Å². The second-order valence-electron chi connectivity index (χ2n) is 5.81. The number of unbranched alkanes of at least 4 members (excludes halogenated alkanes) is 3. The van der Waals surface area contributed by atoms with Crippen LogP contribution in [0.25, 0.3) is 0 Å². The minimum Gasteiger partial charge on any atom is -0.372 e. The van der Waals surface area contributed by atoms with E-state index in [1.54, 1.807) is 0 Å². The van der Waals surface area contributed by atoms with Crippen LogP contribution in [0.5, 0.6) is 0 Å². The number of rotatable bonds is 12. The van der Waals surface area contributed by atoms with E-state index in [-0.39, 0.29) is 0 Å². The topological polar surface area (TPSA) is 34.1 Å². The molecule has 3 nitrogen and oxygen atoms in total. The zero-order chi connectivity index (χ0) is 15.3. The van der Waals surface area contributed by atoms with E-state index in [0.29, 0.717) is 12.7 Å². The molecule has 21 heavy (non-hydrogen) atoms. The summed E-state index contributed by atoms with van der Waals surface area (Å²) in [6, 6.07) is 4.22. The summed E-state index contributed by atoms with van der Waals surface area (Å²) in [5.41, 5.74) is 2.26. The van der Waals surface area contributed by atoms with E-state index in [2.05, 4.69) is 43.2 Å². The summed E-state index contributed by atoms with van der Waals surface area (Å²) in [5.74, 6) is 0. The molecule has 3 heteroatoms. The van der Waals surface area contributed by atoms with E-state index >= 15 is 0 Å². The van der Waals surface area contributed by atoms with Crippen molar-refractivity contribution in [2.24, 2.45) is 0 Å². The van der Waals surface area contributed by atoms with Crippen molar-refractivity contribution in [2.45, 2.75) is 78.6 Å². The van der Waals surface area contributed by atoms with Gasteiger partial charge in [0.2, 0.25) is 0 Å². The van der Waals surface area contributed by atoms with E-state index in [1.807, 2.05) is 6.20 Å². The Morgan fingerprint density at radius 1 is 1.14 bits per heavy atom. The molecular formula is C18H32N2O. The Hall–Kier alpha value is -0.930. The van der Waals surface area contributed by atoms with Crippen LogP contribution in [0.1, 0.15) is 70.6 Å². The first-order valence-electron chi connectivity index (χ1n) is 8.52. The van der Waals surface area contributed by atoms with Gasteiger partial charge in [0, 0.05) is 12.7 Å². The zero-order valence-electron chi connectivity index (χ0n) is 14.0. The van der Waals surface area contributed by atoms with Gasteiger partial charge >= 0.3 is 0 Å². The largest absolute Gasteiger partial charge is 0.372 e. The maximum absolute atomic E-state index is 5.87. The second-order valence-corrected chi connectivity index (χ2v) is 5.81. The molecule has 0 radical (unpaired) electrons. The van der Waals surface area contributed by atoms with Crippen LogP contribution in [0.15, 0.2) is 18.3 Å². The second kappa shape index (κ2) is 11.7. The minimum absolute atomic E-state index is 0.328. The van der Waals surface area contributed by atoms with E-state index in [1.165, 1.54) is 31.2 Å². The Bertz CT molecular complexity index is 351. The molecule has 0 aliphatic carbocycles. The minimum atomic E-state index is 0.328. The Kier molecular flexibility index (Phi) is 10.1. The lowest BCUT2D eigenvalue weighted by Crippen LogP contribution is -2.14. The van der Waals surface area contributed by atoms with Gasteiger partial charge in [0.05, 0.1) is 18.4 Å². The lowest BCUT2D eigenvalue weighted by Gasteiger charge is -2.12. The van der Waals surface area contributed by atoms with Gasteiger partial charge in [-0.05, 0) is 37.9 Å². The van der Waals surface area contributed by atoms with Crippen LogP contribution in [0, 0.1) is 0 Å². The number of aromatic nitrogens is 1. The lowest BCUT2D eigenvalue weighted by molar-refractivity contribution is 0.0440. The zero-order valence-corrected chi connectivity index (χ0v) is 14.0. The molecule has 0 spiro atoms. The fourth-order valence-electron chi connectivity index (χ4n) is 2.22. The predicted octanol–water partition coefficient (Wildman–Crippen LogP) is 4.46. The molecule has 0 bridgehead atoms. The van der Waals surface area contributed by atoms with Gasteiger partial charge in [-0.3, -0.25) is 4.98 Å². The van der Waals surface area contributed by atoms with Gasteiger partial charge in [-0.2, -0.15) is 0 Å². The van der Waals surface area contributed by atoms with Crippen LogP contribution < -0.4 is 5.32 Å². The van der Waals surface area contributed by atoms with Crippen molar-refractivity contribution >= 4 is 0 Å². The van der Waals surface area contributed by atoms with Gasteiger partial charge in [0.1, 0.15) is 0 Å². The van der Waals surface area contributed by atoms with Gasteiger partial charge in [-0.25, -0.2) is 0 Å². The first-order chi connectivity index (χ1) is 10.3. The Morgan fingerprint density at radius 2 is 2.00 bits per heavy atom. The summed E-state index contributed by atoms with van der Waals surface area (Å²) in [4.78, 5) is 4.47. The van der Waals surface area contributed by atoms with Crippen LogP contribution in [-0.4, -0.2) is 17.6 Å². The molecule has 1 atom stereocenters. The number of nitrogens with zero attached hydrogens (tertiary/aromatic N) is 1. The SMILES string of the molecule is CCCCCCC(C)OCc1ccc(CNCCC)cn1. The van der Waals surface area contributed by atoms with Crippen LogP contribution in [0.3, 0.4) is 0 Å². The van der Waals surface area contributed by atoms with E-state index in [9.17, 15) is 0 Å². The van der Waals surface area contributed by atoms with Crippen molar-refractivity contribution < 1.29 is 4.74 Å². The molecule has 0 aliphatic heterocycles. The maximum atomic E-state index is 5.87. The van der Waals surface area contributed by atoms with Gasteiger partial charge in [0.15, 0.2) is 0 Å². The first-order valence-corrected chi connectivity index (χ1v) is 8.52. The predicted molar refractivity (Wildman–Crippen MR) is 89.2 cm³/mol. The quantitative estimate of drug-likeness (QED) is 0.578. The highest BCUT2D eigenvalue weighted by Gasteiger charge is 2.03. The van der Waals surface area contributed by atoms with Crippen LogP contribution in [0.4, 0.5) is 0 Å². The fourth-order valence-corrected chi connectivity index (χ4v) is 2.22.